The van der Waals surface area contributed by atoms with Crippen LogP contribution < -0.4 is 5.32 Å². The zero-order chi connectivity index (χ0) is 23.0. The fourth-order valence-electron chi connectivity index (χ4n) is 3.43. The first-order valence-electron chi connectivity index (χ1n) is 10.2. The number of rotatable bonds is 5. The number of hydrogen-bond acceptors (Lipinski definition) is 7. The van der Waals surface area contributed by atoms with Crippen molar-refractivity contribution in [3.05, 3.63) is 70.1 Å². The molecule has 1 aliphatic rings. The van der Waals surface area contributed by atoms with Gasteiger partial charge in [-0.25, -0.2) is 4.79 Å². The lowest BCUT2D eigenvalue weighted by atomic mass is 10.0. The molecule has 0 radical (unpaired) electrons. The average molecular weight is 462 g/mol. The van der Waals surface area contributed by atoms with Gasteiger partial charge in [0.1, 0.15) is 17.8 Å². The highest BCUT2D eigenvalue weighted by atomic mass is 32.1. The Balaban J connectivity index is 1.26. The van der Waals surface area contributed by atoms with Gasteiger partial charge in [0.25, 0.3) is 5.78 Å². The maximum Gasteiger partial charge on any atom is 0.412 e. The number of aryl methyl sites for hydroxylation is 1. The van der Waals surface area contributed by atoms with E-state index in [0.717, 1.165) is 22.7 Å². The van der Waals surface area contributed by atoms with E-state index >= 15 is 0 Å². The van der Waals surface area contributed by atoms with Crippen LogP contribution in [0.3, 0.4) is 0 Å². The Hall–Kier alpha value is -4.03. The molecular formula is C24H18N2O6S. The maximum absolute atomic E-state index is 12.2. The lowest BCUT2D eigenvalue weighted by Gasteiger charge is -2.07. The van der Waals surface area contributed by atoms with E-state index in [9.17, 15) is 14.7 Å². The summed E-state index contributed by atoms with van der Waals surface area (Å²) in [6.45, 7) is 2.11. The van der Waals surface area contributed by atoms with Crippen molar-refractivity contribution < 1.29 is 28.3 Å². The third-order valence-corrected chi connectivity index (χ3v) is 6.20. The number of hydrogen-bond donors (Lipinski definition) is 2. The molecule has 5 rings (SSSR count). The van der Waals surface area contributed by atoms with E-state index in [1.165, 1.54) is 0 Å². The van der Waals surface area contributed by atoms with Crippen molar-refractivity contribution in [2.75, 3.05) is 5.32 Å². The molecule has 3 heterocycles. The Bertz CT molecular complexity index is 1400. The van der Waals surface area contributed by atoms with Crippen LogP contribution in [0, 0.1) is 18.8 Å². The van der Waals surface area contributed by atoms with Crippen LogP contribution in [0.2, 0.25) is 0 Å². The fourth-order valence-corrected chi connectivity index (χ4v) is 4.00. The van der Waals surface area contributed by atoms with Gasteiger partial charge in [0.15, 0.2) is 11.5 Å². The molecule has 0 aliphatic heterocycles. The number of benzene rings is 1. The minimum atomic E-state index is -0.928. The molecular weight excluding hydrogens is 444 g/mol. The van der Waals surface area contributed by atoms with E-state index < -0.39 is 17.5 Å². The van der Waals surface area contributed by atoms with Gasteiger partial charge in [0, 0.05) is 11.4 Å². The summed E-state index contributed by atoms with van der Waals surface area (Å²) in [6.07, 6.45) is 0.507. The van der Waals surface area contributed by atoms with Gasteiger partial charge in [-0.15, -0.1) is 0 Å². The number of carboxylic acids is 1. The minimum Gasteiger partial charge on any atom is -0.480 e. The number of nitrogens with one attached hydrogen (secondary N) is 1. The Morgan fingerprint density at radius 3 is 2.79 bits per heavy atom. The Morgan fingerprint density at radius 2 is 2.06 bits per heavy atom. The molecule has 0 saturated heterocycles. The number of nitrogens with zero attached hydrogens (tertiary/aromatic N) is 1. The van der Waals surface area contributed by atoms with Crippen molar-refractivity contribution >= 4 is 40.4 Å². The molecule has 2 N–H and O–H groups in total. The zero-order valence-electron chi connectivity index (χ0n) is 17.5. The number of carbonyl (C=O) groups excluding carboxylic acids is 1. The molecule has 33 heavy (non-hydrogen) atoms. The highest BCUT2D eigenvalue weighted by Crippen LogP contribution is 2.50. The van der Waals surface area contributed by atoms with Gasteiger partial charge in [-0.1, -0.05) is 24.3 Å². The van der Waals surface area contributed by atoms with E-state index in [0.29, 0.717) is 41.1 Å². The van der Waals surface area contributed by atoms with E-state index in [4.69, 9.17) is 13.6 Å². The van der Waals surface area contributed by atoms with Crippen LogP contribution in [0.4, 0.5) is 10.5 Å². The molecule has 1 amide bonds. The quantitative estimate of drug-likeness (QED) is 0.399. The number of ether oxygens (including phenoxy) is 1. The summed E-state index contributed by atoms with van der Waals surface area (Å²) in [5, 5.41) is 14.4. The molecule has 0 spiro atoms. The third kappa shape index (κ3) is 4.08. The van der Waals surface area contributed by atoms with Crippen molar-refractivity contribution in [3.63, 3.8) is 0 Å². The van der Waals surface area contributed by atoms with Crippen molar-refractivity contribution in [1.29, 1.82) is 0 Å². The highest BCUT2D eigenvalue weighted by Gasteiger charge is 2.54. The first-order valence-corrected chi connectivity index (χ1v) is 11.0. The molecule has 0 bridgehead atoms. The summed E-state index contributed by atoms with van der Waals surface area (Å²) in [6, 6.07) is 11.0. The largest absolute Gasteiger partial charge is 0.480 e. The minimum absolute atomic E-state index is 0.160. The third-order valence-electron chi connectivity index (χ3n) is 5.58. The van der Waals surface area contributed by atoms with Crippen LogP contribution in [0.1, 0.15) is 41.2 Å². The number of amides is 1. The SMILES string of the molecule is Cc1ccccc1COC(=O)Nc1csnc1C#Cc1cc2cc(C3(C(=O)O)CC3)oc2o1. The van der Waals surface area contributed by atoms with Gasteiger partial charge < -0.3 is 18.7 Å². The monoisotopic (exact) mass is 462 g/mol. The van der Waals surface area contributed by atoms with Crippen LogP contribution in [0.15, 0.2) is 50.6 Å². The number of aromatic nitrogens is 1. The predicted molar refractivity (Wildman–Crippen MR) is 120 cm³/mol. The first kappa shape index (κ1) is 20.8. The lowest BCUT2D eigenvalue weighted by Crippen LogP contribution is -2.18. The van der Waals surface area contributed by atoms with Crippen LogP contribution in [0.5, 0.6) is 0 Å². The number of furan rings is 2. The Morgan fingerprint density at radius 1 is 1.24 bits per heavy atom. The van der Waals surface area contributed by atoms with Gasteiger partial charge in [0.2, 0.25) is 0 Å². The zero-order valence-corrected chi connectivity index (χ0v) is 18.3. The summed E-state index contributed by atoms with van der Waals surface area (Å²) in [5.74, 6) is 5.82. The van der Waals surface area contributed by atoms with Crippen LogP contribution in [0.25, 0.3) is 11.2 Å². The molecule has 1 aliphatic carbocycles. The van der Waals surface area contributed by atoms with Gasteiger partial charge >= 0.3 is 12.1 Å². The first-order chi connectivity index (χ1) is 15.9. The topological polar surface area (TPSA) is 115 Å². The molecule has 166 valence electrons. The average Bonchev–Trinajstić information content (AvgIpc) is 3.11. The van der Waals surface area contributed by atoms with Gasteiger partial charge in [0.05, 0.1) is 11.1 Å². The van der Waals surface area contributed by atoms with Crippen molar-refractivity contribution in [1.82, 2.24) is 4.37 Å². The summed E-state index contributed by atoms with van der Waals surface area (Å²) >= 11 is 1.15. The second-order valence-corrected chi connectivity index (χ2v) is 8.43. The van der Waals surface area contributed by atoms with Gasteiger partial charge in [-0.05, 0) is 60.3 Å². The van der Waals surface area contributed by atoms with Crippen molar-refractivity contribution in [2.24, 2.45) is 0 Å². The van der Waals surface area contributed by atoms with E-state index in [1.807, 2.05) is 31.2 Å². The van der Waals surface area contributed by atoms with Gasteiger partial charge in [-0.2, -0.15) is 4.37 Å². The van der Waals surface area contributed by atoms with E-state index in [-0.39, 0.29) is 12.4 Å². The number of carbonyl (C=O) groups is 2. The van der Waals surface area contributed by atoms with Gasteiger partial charge in [-0.3, -0.25) is 10.1 Å². The molecule has 0 unspecified atom stereocenters. The summed E-state index contributed by atoms with van der Waals surface area (Å²) in [5.41, 5.74) is 1.86. The smallest absolute Gasteiger partial charge is 0.412 e. The normalized spacial score (nSPS) is 13.8. The maximum atomic E-state index is 12.2. The number of anilines is 1. The standard InChI is InChI=1S/C24H18N2O6S/c1-14-4-2-3-5-15(14)12-30-23(29)25-19-13-33-26-18(19)7-6-17-10-16-11-20(32-21(16)31-17)24(8-9-24)22(27)28/h2-5,10-11,13H,8-9,12H2,1H3,(H,25,29)(H,27,28). The molecule has 1 fully saturated rings. The van der Waals surface area contributed by atoms with E-state index in [2.05, 4.69) is 21.5 Å². The number of aliphatic carboxylic acids is 1. The highest BCUT2D eigenvalue weighted by molar-refractivity contribution is 7.04. The summed E-state index contributed by atoms with van der Waals surface area (Å²) in [7, 11) is 0. The predicted octanol–water partition coefficient (Wildman–Crippen LogP) is 5.06. The number of carboxylic acid groups (broad SMARTS) is 1. The molecule has 3 aromatic heterocycles. The van der Waals surface area contributed by atoms with Crippen LogP contribution >= 0.6 is 11.5 Å². The molecule has 1 saturated carbocycles. The molecule has 9 heteroatoms. The Kier molecular flexibility index (Phi) is 5.15. The second kappa shape index (κ2) is 8.15. The Labute approximate surface area is 192 Å². The molecule has 0 atom stereocenters. The van der Waals surface area contributed by atoms with Crippen LogP contribution in [-0.2, 0) is 21.6 Å². The van der Waals surface area contributed by atoms with Crippen LogP contribution in [-0.4, -0.2) is 21.5 Å². The lowest BCUT2D eigenvalue weighted by molar-refractivity contribution is -0.140. The van der Waals surface area contributed by atoms with Crippen molar-refractivity contribution in [3.8, 4) is 11.8 Å². The van der Waals surface area contributed by atoms with E-state index in [1.54, 1.807) is 17.5 Å². The van der Waals surface area contributed by atoms with Crippen molar-refractivity contribution in [2.45, 2.75) is 31.8 Å². The molecule has 1 aromatic carbocycles. The summed E-state index contributed by atoms with van der Waals surface area (Å²) < 4.78 is 20.7. The summed E-state index contributed by atoms with van der Waals surface area (Å²) in [4.78, 5) is 23.7. The fraction of sp³-hybridized carbons (Fsp3) is 0.208. The second-order valence-electron chi connectivity index (χ2n) is 7.81. The molecule has 4 aromatic rings. The molecule has 8 nitrogen and oxygen atoms in total. The number of fused-ring (bicyclic) bond motifs is 1.